The van der Waals surface area contributed by atoms with Gasteiger partial charge in [-0.1, -0.05) is 20.8 Å². The van der Waals surface area contributed by atoms with Crippen LogP contribution in [0.4, 0.5) is 0 Å². The number of rotatable bonds is 6. The predicted octanol–water partition coefficient (Wildman–Crippen LogP) is 1.81. The summed E-state index contributed by atoms with van der Waals surface area (Å²) >= 11 is 0. The molecule has 4 atom stereocenters. The maximum atomic E-state index is 13.1. The number of piperazine rings is 1. The minimum atomic E-state index is -1.94. The molecule has 2 amide bonds. The van der Waals surface area contributed by atoms with Gasteiger partial charge in [0.2, 0.25) is 11.8 Å². The quantitative estimate of drug-likeness (QED) is 0.467. The van der Waals surface area contributed by atoms with Crippen molar-refractivity contribution in [2.24, 2.45) is 0 Å². The van der Waals surface area contributed by atoms with Crippen LogP contribution in [0.5, 0.6) is 0 Å². The molecule has 30 heavy (non-hydrogen) atoms. The summed E-state index contributed by atoms with van der Waals surface area (Å²) < 4.78 is 6.40. The number of carbonyl (C=O) groups is 2. The maximum Gasteiger partial charge on any atom is 0.240 e. The van der Waals surface area contributed by atoms with Gasteiger partial charge >= 0.3 is 0 Å². The Labute approximate surface area is 180 Å². The maximum absolute atomic E-state index is 13.1. The van der Waals surface area contributed by atoms with Crippen LogP contribution in [-0.4, -0.2) is 71.3 Å². The molecule has 0 saturated carbocycles. The average molecular weight is 436 g/mol. The lowest BCUT2D eigenvalue weighted by Gasteiger charge is -2.36. The zero-order valence-electron chi connectivity index (χ0n) is 19.5. The van der Waals surface area contributed by atoms with Crippen LogP contribution < -0.4 is 10.6 Å². The van der Waals surface area contributed by atoms with E-state index < -0.39 is 20.4 Å². The van der Waals surface area contributed by atoms with Crippen molar-refractivity contribution in [1.82, 2.24) is 25.5 Å². The summed E-state index contributed by atoms with van der Waals surface area (Å²) in [4.78, 5) is 35.2. The topological polar surface area (TPSA) is 99.1 Å². The number of H-pyrrole nitrogens is 1. The molecular weight excluding hydrogens is 398 g/mol. The first-order chi connectivity index (χ1) is 13.7. The lowest BCUT2D eigenvalue weighted by molar-refractivity contribution is -0.133. The zero-order valence-corrected chi connectivity index (χ0v) is 20.5. The van der Waals surface area contributed by atoms with Gasteiger partial charge in [0.15, 0.2) is 8.32 Å². The van der Waals surface area contributed by atoms with Gasteiger partial charge in [-0.15, -0.1) is 0 Å². The second-order valence-electron chi connectivity index (χ2n) is 11.1. The third kappa shape index (κ3) is 4.78. The van der Waals surface area contributed by atoms with Crippen molar-refractivity contribution < 1.29 is 14.0 Å². The number of aromatic nitrogens is 2. The smallest absolute Gasteiger partial charge is 0.240 e. The Kier molecular flexibility index (Phi) is 5.94. The van der Waals surface area contributed by atoms with Crippen molar-refractivity contribution >= 4 is 20.1 Å². The first-order valence-electron chi connectivity index (χ1n) is 10.7. The Hall–Kier alpha value is -1.71. The summed E-state index contributed by atoms with van der Waals surface area (Å²) in [6.07, 6.45) is 3.83. The molecule has 9 heteroatoms. The Balaban J connectivity index is 1.76. The number of aromatic amines is 1. The first-order valence-corrected chi connectivity index (χ1v) is 13.6. The van der Waals surface area contributed by atoms with Gasteiger partial charge in [-0.05, 0) is 38.9 Å². The van der Waals surface area contributed by atoms with Gasteiger partial charge in [0.1, 0.15) is 6.04 Å². The fourth-order valence-corrected chi connectivity index (χ4v) is 4.71. The van der Waals surface area contributed by atoms with Crippen molar-refractivity contribution in [2.75, 3.05) is 6.61 Å². The highest BCUT2D eigenvalue weighted by molar-refractivity contribution is 6.74. The molecule has 8 nitrogen and oxygen atoms in total. The van der Waals surface area contributed by atoms with Gasteiger partial charge in [0, 0.05) is 18.2 Å². The fraction of sp³-hybridized carbons (Fsp3) is 0.762. The molecule has 0 unspecified atom stereocenters. The molecular formula is C21H37N5O3Si. The predicted molar refractivity (Wildman–Crippen MR) is 118 cm³/mol. The molecule has 0 aliphatic carbocycles. The van der Waals surface area contributed by atoms with E-state index in [1.54, 1.807) is 12.5 Å². The largest absolute Gasteiger partial charge is 0.415 e. The zero-order chi connectivity index (χ0) is 22.5. The summed E-state index contributed by atoms with van der Waals surface area (Å²) in [5.41, 5.74) is 0.454. The number of imidazole rings is 1. The number of fused-ring (bicyclic) bond motifs is 1. The molecule has 3 heterocycles. The van der Waals surface area contributed by atoms with Crippen molar-refractivity contribution in [3.05, 3.63) is 18.2 Å². The standard InChI is InChI=1S/C21H37N5O3Si/c1-20(2,3)25-18(27)16-17-15(11-29-30(7,8)21(4,5)6)26(17)19(28)14(24-16)9-13-10-22-12-23-13/h10,12,14-17,24H,9,11H2,1-8H3,(H,22,23)(H,25,27)/t14-,15+,16+,17+,26?/m0/s1. The molecule has 2 fully saturated rings. The highest BCUT2D eigenvalue weighted by Gasteiger charge is 2.62. The Morgan fingerprint density at radius 1 is 1.27 bits per heavy atom. The number of hydrogen-bond donors (Lipinski definition) is 3. The SMILES string of the molecule is CC(C)(C)NC(=O)[C@@H]1N[C@@H](Cc2c[nH]cn2)C(=O)N2[C@@H]1[C@H]2CO[Si](C)(C)C(C)(C)C. The van der Waals surface area contributed by atoms with Crippen LogP contribution in [0.25, 0.3) is 0 Å². The second-order valence-corrected chi connectivity index (χ2v) is 15.9. The molecule has 0 radical (unpaired) electrons. The van der Waals surface area contributed by atoms with Crippen LogP contribution in [0.2, 0.25) is 18.1 Å². The molecule has 0 bridgehead atoms. The van der Waals surface area contributed by atoms with Gasteiger partial charge in [0.05, 0.1) is 36.8 Å². The van der Waals surface area contributed by atoms with Gasteiger partial charge < -0.3 is 19.6 Å². The number of nitrogens with one attached hydrogen (secondary N) is 3. The van der Waals surface area contributed by atoms with E-state index >= 15 is 0 Å². The highest BCUT2D eigenvalue weighted by atomic mass is 28.4. The Morgan fingerprint density at radius 2 is 1.93 bits per heavy atom. The van der Waals surface area contributed by atoms with Crippen LogP contribution in [0.15, 0.2) is 12.5 Å². The molecule has 3 N–H and O–H groups in total. The van der Waals surface area contributed by atoms with E-state index in [4.69, 9.17) is 4.43 Å². The lowest BCUT2D eigenvalue weighted by Crippen LogP contribution is -2.62. The van der Waals surface area contributed by atoms with Crippen molar-refractivity contribution in [3.63, 3.8) is 0 Å². The average Bonchev–Trinajstić information content (AvgIpc) is 3.07. The minimum Gasteiger partial charge on any atom is -0.415 e. The van der Waals surface area contributed by atoms with E-state index in [-0.39, 0.29) is 34.5 Å². The number of carbonyl (C=O) groups excluding carboxylic acids is 2. The van der Waals surface area contributed by atoms with E-state index in [1.807, 2.05) is 25.7 Å². The first kappa shape index (κ1) is 23.0. The van der Waals surface area contributed by atoms with Crippen LogP contribution in [0, 0.1) is 0 Å². The summed E-state index contributed by atoms with van der Waals surface area (Å²) in [6.45, 7) is 17.4. The molecule has 1 aromatic heterocycles. The molecule has 3 rings (SSSR count). The van der Waals surface area contributed by atoms with Gasteiger partial charge in [-0.3, -0.25) is 14.9 Å². The highest BCUT2D eigenvalue weighted by Crippen LogP contribution is 2.40. The summed E-state index contributed by atoms with van der Waals surface area (Å²) in [7, 11) is -1.94. The molecule has 2 saturated heterocycles. The van der Waals surface area contributed by atoms with Crippen molar-refractivity contribution in [3.8, 4) is 0 Å². The van der Waals surface area contributed by atoms with Crippen LogP contribution in [-0.2, 0) is 20.4 Å². The molecule has 0 aromatic carbocycles. The third-order valence-corrected chi connectivity index (χ3v) is 10.9. The lowest BCUT2D eigenvalue weighted by atomic mass is 10.0. The van der Waals surface area contributed by atoms with Crippen LogP contribution >= 0.6 is 0 Å². The van der Waals surface area contributed by atoms with E-state index in [0.29, 0.717) is 13.0 Å². The second kappa shape index (κ2) is 7.76. The molecule has 168 valence electrons. The molecule has 2 aliphatic heterocycles. The normalized spacial score (nSPS) is 27.1. The van der Waals surface area contributed by atoms with Crippen molar-refractivity contribution in [2.45, 2.75) is 95.8 Å². The Bertz CT molecular complexity index is 782. The Morgan fingerprint density at radius 3 is 2.47 bits per heavy atom. The fourth-order valence-electron chi connectivity index (χ4n) is 3.69. The van der Waals surface area contributed by atoms with E-state index in [9.17, 15) is 9.59 Å². The summed E-state index contributed by atoms with van der Waals surface area (Å²) in [5.74, 6) is -0.0569. The summed E-state index contributed by atoms with van der Waals surface area (Å²) in [5, 5.41) is 6.47. The van der Waals surface area contributed by atoms with E-state index in [0.717, 1.165) is 5.69 Å². The van der Waals surface area contributed by atoms with Crippen molar-refractivity contribution in [1.29, 1.82) is 0 Å². The summed E-state index contributed by atoms with van der Waals surface area (Å²) in [6, 6.07) is -1.17. The number of hydrogen-bond acceptors (Lipinski definition) is 5. The van der Waals surface area contributed by atoms with Gasteiger partial charge in [-0.2, -0.15) is 0 Å². The number of nitrogens with zero attached hydrogens (tertiary/aromatic N) is 2. The van der Waals surface area contributed by atoms with Gasteiger partial charge in [-0.25, -0.2) is 4.98 Å². The molecule has 2 aliphatic rings. The molecule has 1 aromatic rings. The minimum absolute atomic E-state index is 0.0200. The van der Waals surface area contributed by atoms with E-state index in [1.165, 1.54) is 0 Å². The van der Waals surface area contributed by atoms with Crippen LogP contribution in [0.1, 0.15) is 47.2 Å². The van der Waals surface area contributed by atoms with E-state index in [2.05, 4.69) is 54.5 Å². The monoisotopic (exact) mass is 435 g/mol. The third-order valence-electron chi connectivity index (χ3n) is 6.43. The number of amides is 2. The van der Waals surface area contributed by atoms with Crippen LogP contribution in [0.3, 0.4) is 0 Å². The van der Waals surface area contributed by atoms with Gasteiger partial charge in [0.25, 0.3) is 0 Å². The molecule has 0 spiro atoms.